The van der Waals surface area contributed by atoms with E-state index in [0.717, 1.165) is 21.0 Å². The van der Waals surface area contributed by atoms with Crippen LogP contribution in [0.15, 0.2) is 65.0 Å². The van der Waals surface area contributed by atoms with Crippen LogP contribution < -0.4 is 5.32 Å². The molecule has 2 aromatic heterocycles. The number of nitrogens with one attached hydrogen (secondary N) is 2. The molecule has 124 valence electrons. The van der Waals surface area contributed by atoms with Crippen molar-refractivity contribution >= 4 is 45.0 Å². The fourth-order valence-electron chi connectivity index (χ4n) is 2.40. The fraction of sp³-hybridized carbons (Fsp3) is 0.0556. The van der Waals surface area contributed by atoms with Gasteiger partial charge in [-0.2, -0.15) is 0 Å². The maximum atomic E-state index is 12.4. The van der Waals surface area contributed by atoms with Crippen molar-refractivity contribution in [3.8, 4) is 0 Å². The third-order valence-electron chi connectivity index (χ3n) is 3.61. The molecule has 0 aliphatic rings. The van der Waals surface area contributed by atoms with Gasteiger partial charge in [0.15, 0.2) is 4.34 Å². The molecule has 0 atom stereocenters. The van der Waals surface area contributed by atoms with Crippen LogP contribution in [0.2, 0.25) is 0 Å². The second-order valence-electron chi connectivity index (χ2n) is 5.37. The number of hydrogen-bond donors (Lipinski definition) is 2. The average molecular weight is 366 g/mol. The van der Waals surface area contributed by atoms with E-state index in [1.54, 1.807) is 11.8 Å². The number of H-pyrrole nitrogens is 1. The first kappa shape index (κ1) is 15.9. The number of aromatic amines is 1. The van der Waals surface area contributed by atoms with E-state index >= 15 is 0 Å². The van der Waals surface area contributed by atoms with Gasteiger partial charge in [-0.15, -0.1) is 10.2 Å². The van der Waals surface area contributed by atoms with Gasteiger partial charge in [0.2, 0.25) is 5.13 Å². The number of thioether (sulfide) groups is 1. The zero-order chi connectivity index (χ0) is 17.1. The summed E-state index contributed by atoms with van der Waals surface area (Å²) in [5, 5.41) is 12.5. The number of fused-ring (bicyclic) bond motifs is 1. The zero-order valence-electron chi connectivity index (χ0n) is 13.1. The third kappa shape index (κ3) is 3.72. The van der Waals surface area contributed by atoms with E-state index in [1.165, 1.54) is 16.9 Å². The first-order chi connectivity index (χ1) is 12.3. The lowest BCUT2D eigenvalue weighted by atomic mass is 10.2. The molecule has 0 saturated carbocycles. The van der Waals surface area contributed by atoms with Crippen molar-refractivity contribution in [3.63, 3.8) is 0 Å². The maximum Gasteiger partial charge on any atom is 0.273 e. The molecule has 25 heavy (non-hydrogen) atoms. The number of para-hydroxylation sites is 1. The van der Waals surface area contributed by atoms with Crippen molar-refractivity contribution in [3.05, 3.63) is 71.9 Å². The number of aromatic nitrogens is 3. The Morgan fingerprint density at radius 1 is 1.08 bits per heavy atom. The van der Waals surface area contributed by atoms with E-state index in [2.05, 4.69) is 32.6 Å². The molecule has 0 unspecified atom stereocenters. The van der Waals surface area contributed by atoms with Crippen molar-refractivity contribution in [1.82, 2.24) is 15.2 Å². The summed E-state index contributed by atoms with van der Waals surface area (Å²) in [5.74, 6) is 0.609. The second-order valence-corrected chi connectivity index (χ2v) is 7.57. The molecule has 0 bridgehead atoms. The molecule has 0 aliphatic heterocycles. The van der Waals surface area contributed by atoms with Gasteiger partial charge in [0.25, 0.3) is 5.91 Å². The van der Waals surface area contributed by atoms with Crippen LogP contribution in [0.4, 0.5) is 5.13 Å². The number of anilines is 1. The van der Waals surface area contributed by atoms with Crippen LogP contribution in [0.25, 0.3) is 10.9 Å². The van der Waals surface area contributed by atoms with Gasteiger partial charge in [0.05, 0.1) is 0 Å². The summed E-state index contributed by atoms with van der Waals surface area (Å²) in [6, 6.07) is 19.8. The van der Waals surface area contributed by atoms with E-state index in [9.17, 15) is 4.79 Å². The molecule has 0 spiro atoms. The first-order valence-corrected chi connectivity index (χ1v) is 9.47. The summed E-state index contributed by atoms with van der Waals surface area (Å²) in [7, 11) is 0. The molecule has 4 rings (SSSR count). The predicted molar refractivity (Wildman–Crippen MR) is 102 cm³/mol. The zero-order valence-corrected chi connectivity index (χ0v) is 14.7. The highest BCUT2D eigenvalue weighted by atomic mass is 32.2. The van der Waals surface area contributed by atoms with Gasteiger partial charge in [-0.1, -0.05) is 71.6 Å². The van der Waals surface area contributed by atoms with Crippen LogP contribution in [-0.4, -0.2) is 21.1 Å². The SMILES string of the molecule is O=C(Nc1nnc(SCc2ccccc2)s1)c1cc2ccccc2[nH]1. The molecule has 2 aromatic carbocycles. The van der Waals surface area contributed by atoms with Crippen LogP contribution in [0.3, 0.4) is 0 Å². The van der Waals surface area contributed by atoms with Crippen molar-refractivity contribution < 1.29 is 4.79 Å². The van der Waals surface area contributed by atoms with E-state index in [4.69, 9.17) is 0 Å². The number of amides is 1. The quantitative estimate of drug-likeness (QED) is 0.401. The molecular weight excluding hydrogens is 352 g/mol. The van der Waals surface area contributed by atoms with E-state index < -0.39 is 0 Å². The predicted octanol–water partition coefficient (Wildman–Crippen LogP) is 4.56. The van der Waals surface area contributed by atoms with E-state index in [-0.39, 0.29) is 5.91 Å². The Bertz CT molecular complexity index is 977. The maximum absolute atomic E-state index is 12.4. The topological polar surface area (TPSA) is 70.7 Å². The summed E-state index contributed by atoms with van der Waals surface area (Å²) < 4.78 is 0.829. The first-order valence-electron chi connectivity index (χ1n) is 7.67. The minimum atomic E-state index is -0.216. The molecule has 1 amide bonds. The highest BCUT2D eigenvalue weighted by Gasteiger charge is 2.13. The lowest BCUT2D eigenvalue weighted by Gasteiger charge is -1.98. The number of rotatable bonds is 5. The Hall–Kier alpha value is -2.64. The molecule has 0 aliphatic carbocycles. The van der Waals surface area contributed by atoms with E-state index in [0.29, 0.717) is 10.8 Å². The van der Waals surface area contributed by atoms with Gasteiger partial charge < -0.3 is 4.98 Å². The van der Waals surface area contributed by atoms with Crippen LogP contribution in [0.5, 0.6) is 0 Å². The van der Waals surface area contributed by atoms with Gasteiger partial charge in [-0.25, -0.2) is 0 Å². The van der Waals surface area contributed by atoms with Crippen LogP contribution in [0, 0.1) is 0 Å². The lowest BCUT2D eigenvalue weighted by molar-refractivity contribution is 0.102. The number of nitrogens with zero attached hydrogens (tertiary/aromatic N) is 2. The van der Waals surface area contributed by atoms with Crippen molar-refractivity contribution in [2.45, 2.75) is 10.1 Å². The number of carbonyl (C=O) groups is 1. The molecule has 4 aromatic rings. The third-order valence-corrected chi connectivity index (χ3v) is 5.65. The smallest absolute Gasteiger partial charge is 0.273 e. The summed E-state index contributed by atoms with van der Waals surface area (Å²) >= 11 is 2.98. The second kappa shape index (κ2) is 7.08. The number of benzene rings is 2. The number of carbonyl (C=O) groups excluding carboxylic acids is 1. The summed E-state index contributed by atoms with van der Waals surface area (Å²) in [4.78, 5) is 15.5. The van der Waals surface area contributed by atoms with Gasteiger partial charge >= 0.3 is 0 Å². The molecule has 0 saturated heterocycles. The van der Waals surface area contributed by atoms with Crippen molar-refractivity contribution in [1.29, 1.82) is 0 Å². The normalized spacial score (nSPS) is 10.9. The van der Waals surface area contributed by atoms with Crippen LogP contribution in [-0.2, 0) is 5.75 Å². The average Bonchev–Trinajstić information content (AvgIpc) is 3.27. The summed E-state index contributed by atoms with van der Waals surface area (Å²) in [5.41, 5.74) is 2.67. The highest BCUT2D eigenvalue weighted by molar-refractivity contribution is 8.00. The Balaban J connectivity index is 1.41. The standard InChI is InChI=1S/C18H14N4OS2/c23-16(15-10-13-8-4-5-9-14(13)19-15)20-17-21-22-18(25-17)24-11-12-6-2-1-3-7-12/h1-10,19H,11H2,(H,20,21,23). The highest BCUT2D eigenvalue weighted by Crippen LogP contribution is 2.28. The molecular formula is C18H14N4OS2. The Morgan fingerprint density at radius 3 is 2.72 bits per heavy atom. The Labute approximate surface area is 152 Å². The number of hydrogen-bond acceptors (Lipinski definition) is 5. The van der Waals surface area contributed by atoms with Gasteiger partial charge in [0, 0.05) is 16.7 Å². The molecule has 2 N–H and O–H groups in total. The summed E-state index contributed by atoms with van der Waals surface area (Å²) in [6.45, 7) is 0. The lowest BCUT2D eigenvalue weighted by Crippen LogP contribution is -2.11. The van der Waals surface area contributed by atoms with Crippen LogP contribution >= 0.6 is 23.1 Å². The fourth-order valence-corrected chi connectivity index (χ4v) is 4.10. The minimum Gasteiger partial charge on any atom is -0.351 e. The summed E-state index contributed by atoms with van der Waals surface area (Å²) in [6.07, 6.45) is 0. The van der Waals surface area contributed by atoms with E-state index in [1.807, 2.05) is 48.5 Å². The van der Waals surface area contributed by atoms with Crippen molar-refractivity contribution in [2.24, 2.45) is 0 Å². The monoisotopic (exact) mass is 366 g/mol. The van der Waals surface area contributed by atoms with Crippen LogP contribution in [0.1, 0.15) is 16.1 Å². The Kier molecular flexibility index (Phi) is 4.49. The van der Waals surface area contributed by atoms with Gasteiger partial charge in [-0.05, 0) is 17.7 Å². The Morgan fingerprint density at radius 2 is 1.88 bits per heavy atom. The molecule has 5 nitrogen and oxygen atoms in total. The molecule has 0 fully saturated rings. The van der Waals surface area contributed by atoms with Gasteiger partial charge in [0.1, 0.15) is 5.69 Å². The van der Waals surface area contributed by atoms with Gasteiger partial charge in [-0.3, -0.25) is 10.1 Å². The minimum absolute atomic E-state index is 0.216. The molecule has 0 radical (unpaired) electrons. The molecule has 7 heteroatoms. The molecule has 2 heterocycles. The van der Waals surface area contributed by atoms with Crippen molar-refractivity contribution in [2.75, 3.05) is 5.32 Å². The largest absolute Gasteiger partial charge is 0.351 e.